The van der Waals surface area contributed by atoms with E-state index in [0.717, 1.165) is 0 Å². The molecular formula is C4H9NO4Sr. The second kappa shape index (κ2) is 6.11. The van der Waals surface area contributed by atoms with Crippen LogP contribution in [-0.4, -0.2) is 73.7 Å². The number of aliphatic carboxylic acids is 2. The number of carboxylic acids is 2. The molecule has 10 heavy (non-hydrogen) atoms. The van der Waals surface area contributed by atoms with Crippen LogP contribution in [0.1, 0.15) is 6.42 Å². The maximum absolute atomic E-state index is 9.85. The first-order valence-corrected chi connectivity index (χ1v) is 2.24. The van der Waals surface area contributed by atoms with E-state index in [0.29, 0.717) is 0 Å². The van der Waals surface area contributed by atoms with Gasteiger partial charge in [0.15, 0.2) is 0 Å². The zero-order valence-corrected chi connectivity index (χ0v) is 4.57. The summed E-state index contributed by atoms with van der Waals surface area (Å²) in [6.45, 7) is 0. The number of carbonyl (C=O) groups is 2. The summed E-state index contributed by atoms with van der Waals surface area (Å²) in [5.41, 5.74) is 4.84. The fourth-order valence-corrected chi connectivity index (χ4v) is 0.275. The Bertz CT molecular complexity index is 137. The standard InChI is InChI=1S/C4H7NO4.Sr.2H/c5-2(4(8)9)1-3(6)7;;;/h2H,1,5H2,(H,6,7)(H,8,9);;;/t2-;;;/m0.../s1. The molecule has 5 nitrogen and oxygen atoms in total. The number of carboxylic acid groups (broad SMARTS) is 2. The zero-order chi connectivity index (χ0) is 7.44. The molecule has 0 aliphatic rings. The first-order chi connectivity index (χ1) is 4.04. The molecule has 0 spiro atoms. The zero-order valence-electron chi connectivity index (χ0n) is 4.57. The Balaban J connectivity index is 0. The van der Waals surface area contributed by atoms with E-state index in [1.54, 1.807) is 0 Å². The van der Waals surface area contributed by atoms with Crippen molar-refractivity contribution < 1.29 is 19.8 Å². The van der Waals surface area contributed by atoms with Gasteiger partial charge in [-0.25, -0.2) is 0 Å². The molecule has 6 heteroatoms. The quantitative estimate of drug-likeness (QED) is 0.478. The monoisotopic (exact) mass is 223 g/mol. The number of hydrogen-bond acceptors (Lipinski definition) is 3. The van der Waals surface area contributed by atoms with Gasteiger partial charge in [-0.2, -0.15) is 0 Å². The van der Waals surface area contributed by atoms with Crippen molar-refractivity contribution >= 4 is 57.4 Å². The Morgan fingerprint density at radius 3 is 1.90 bits per heavy atom. The third-order valence-electron chi connectivity index (χ3n) is 0.712. The molecule has 0 radical (unpaired) electrons. The van der Waals surface area contributed by atoms with Gasteiger partial charge >= 0.3 is 57.4 Å². The molecule has 0 amide bonds. The molecular weight excluding hydrogens is 214 g/mol. The summed E-state index contributed by atoms with van der Waals surface area (Å²) in [5, 5.41) is 16.0. The van der Waals surface area contributed by atoms with E-state index in [1.807, 2.05) is 0 Å². The predicted molar refractivity (Wildman–Crippen MR) is 36.4 cm³/mol. The molecule has 0 saturated heterocycles. The van der Waals surface area contributed by atoms with Crippen LogP contribution in [0.3, 0.4) is 0 Å². The van der Waals surface area contributed by atoms with Crippen LogP contribution in [0, 0.1) is 0 Å². The van der Waals surface area contributed by atoms with Crippen molar-refractivity contribution in [1.29, 1.82) is 0 Å². The Morgan fingerprint density at radius 1 is 1.40 bits per heavy atom. The van der Waals surface area contributed by atoms with E-state index in [9.17, 15) is 9.59 Å². The Labute approximate surface area is 94.5 Å². The average molecular weight is 223 g/mol. The van der Waals surface area contributed by atoms with Crippen LogP contribution >= 0.6 is 0 Å². The van der Waals surface area contributed by atoms with Gasteiger partial charge in [-0.15, -0.1) is 0 Å². The second-order valence-electron chi connectivity index (χ2n) is 1.54. The van der Waals surface area contributed by atoms with Gasteiger partial charge in [0.1, 0.15) is 6.04 Å². The van der Waals surface area contributed by atoms with Gasteiger partial charge in [0.05, 0.1) is 6.42 Å². The van der Waals surface area contributed by atoms with Crippen LogP contribution in [0.15, 0.2) is 0 Å². The third kappa shape index (κ3) is 6.50. The van der Waals surface area contributed by atoms with Crippen molar-refractivity contribution in [2.24, 2.45) is 5.73 Å². The molecule has 0 aliphatic heterocycles. The van der Waals surface area contributed by atoms with Crippen LogP contribution in [0.25, 0.3) is 0 Å². The van der Waals surface area contributed by atoms with E-state index in [2.05, 4.69) is 0 Å². The Morgan fingerprint density at radius 2 is 1.80 bits per heavy atom. The average Bonchev–Trinajstić information content (AvgIpc) is 1.63. The van der Waals surface area contributed by atoms with Crippen LogP contribution in [-0.2, 0) is 9.59 Å². The Kier molecular flexibility index (Phi) is 7.95. The van der Waals surface area contributed by atoms with Gasteiger partial charge < -0.3 is 15.9 Å². The first-order valence-electron chi connectivity index (χ1n) is 2.24. The summed E-state index contributed by atoms with van der Waals surface area (Å²) in [6.07, 6.45) is -0.532. The summed E-state index contributed by atoms with van der Waals surface area (Å²) >= 11 is 0. The first kappa shape index (κ1) is 13.0. The number of hydrogen-bond donors (Lipinski definition) is 3. The van der Waals surface area contributed by atoms with Crippen LogP contribution in [0.2, 0.25) is 0 Å². The number of nitrogens with two attached hydrogens (primary N) is 1. The van der Waals surface area contributed by atoms with E-state index in [1.165, 1.54) is 0 Å². The second-order valence-corrected chi connectivity index (χ2v) is 1.54. The minimum atomic E-state index is -1.29. The van der Waals surface area contributed by atoms with Crippen molar-refractivity contribution in [2.45, 2.75) is 12.5 Å². The van der Waals surface area contributed by atoms with Gasteiger partial charge in [0, 0.05) is 0 Å². The summed E-state index contributed by atoms with van der Waals surface area (Å²) < 4.78 is 0. The van der Waals surface area contributed by atoms with E-state index < -0.39 is 24.4 Å². The summed E-state index contributed by atoms with van der Waals surface area (Å²) in [6, 6.07) is -1.29. The molecule has 0 aromatic carbocycles. The van der Waals surface area contributed by atoms with Gasteiger partial charge in [0.2, 0.25) is 0 Å². The Hall–Kier alpha value is 0.381. The molecule has 0 heterocycles. The topological polar surface area (TPSA) is 101 Å². The normalized spacial score (nSPS) is 11.3. The summed E-state index contributed by atoms with van der Waals surface area (Å²) in [4.78, 5) is 19.6. The third-order valence-corrected chi connectivity index (χ3v) is 0.712. The van der Waals surface area contributed by atoms with E-state index in [-0.39, 0.29) is 45.5 Å². The molecule has 0 aliphatic carbocycles. The predicted octanol–water partition coefficient (Wildman–Crippen LogP) is -2.04. The van der Waals surface area contributed by atoms with Gasteiger partial charge in [-0.05, 0) is 0 Å². The van der Waals surface area contributed by atoms with Gasteiger partial charge in [0.25, 0.3) is 0 Å². The SMILES string of the molecule is N[C@@H](CC(=O)O)C(=O)O.[SrH2]. The van der Waals surface area contributed by atoms with Gasteiger partial charge in [-0.3, -0.25) is 9.59 Å². The minimum absolute atomic E-state index is 0. The molecule has 1 atom stereocenters. The molecule has 0 rings (SSSR count). The molecule has 56 valence electrons. The van der Waals surface area contributed by atoms with Crippen molar-refractivity contribution in [3.05, 3.63) is 0 Å². The van der Waals surface area contributed by atoms with Crippen LogP contribution in [0.4, 0.5) is 0 Å². The molecule has 0 aromatic rings. The van der Waals surface area contributed by atoms with Crippen molar-refractivity contribution in [3.8, 4) is 0 Å². The summed E-state index contributed by atoms with van der Waals surface area (Å²) in [5.74, 6) is -2.50. The van der Waals surface area contributed by atoms with E-state index >= 15 is 0 Å². The maximum atomic E-state index is 9.85. The number of rotatable bonds is 3. The van der Waals surface area contributed by atoms with Gasteiger partial charge in [-0.1, -0.05) is 0 Å². The van der Waals surface area contributed by atoms with Crippen LogP contribution < -0.4 is 5.73 Å². The molecule has 0 fully saturated rings. The molecule has 0 bridgehead atoms. The molecule has 0 unspecified atom stereocenters. The molecule has 0 saturated carbocycles. The fraction of sp³-hybridized carbons (Fsp3) is 0.500. The summed E-state index contributed by atoms with van der Waals surface area (Å²) in [7, 11) is 0. The van der Waals surface area contributed by atoms with Crippen molar-refractivity contribution in [1.82, 2.24) is 0 Å². The van der Waals surface area contributed by atoms with Crippen molar-refractivity contribution in [3.63, 3.8) is 0 Å². The molecule has 4 N–H and O–H groups in total. The molecule has 0 aromatic heterocycles. The fourth-order valence-electron chi connectivity index (χ4n) is 0.275. The van der Waals surface area contributed by atoms with Crippen LogP contribution in [0.5, 0.6) is 0 Å². The van der Waals surface area contributed by atoms with E-state index in [4.69, 9.17) is 15.9 Å². The van der Waals surface area contributed by atoms with Crippen molar-refractivity contribution in [2.75, 3.05) is 0 Å².